The average Bonchev–Trinajstić information content (AvgIpc) is 2.63. The zero-order valence-corrected chi connectivity index (χ0v) is 18.1. The van der Waals surface area contributed by atoms with E-state index >= 15 is 0 Å². The summed E-state index contributed by atoms with van der Waals surface area (Å²) in [6.07, 6.45) is 0. The molecule has 0 radical (unpaired) electrons. The van der Waals surface area contributed by atoms with Crippen LogP contribution in [0.25, 0.3) is 0 Å². The zero-order valence-electron chi connectivity index (χ0n) is 14.3. The van der Waals surface area contributed by atoms with E-state index in [1.807, 2.05) is 0 Å². The van der Waals surface area contributed by atoms with Crippen LogP contribution < -0.4 is 0 Å². The van der Waals surface area contributed by atoms with E-state index in [9.17, 15) is 23.2 Å². The third kappa shape index (κ3) is 3.65. The molecule has 0 aliphatic heterocycles. The van der Waals surface area contributed by atoms with Gasteiger partial charge in [-0.25, -0.2) is 0 Å². The topological polar surface area (TPSA) is 94.8 Å². The van der Waals surface area contributed by atoms with Crippen LogP contribution >= 0.6 is 46.4 Å². The number of phenolic OH excluding ortho intramolecular Hbond substituents is 2. The predicted octanol–water partition coefficient (Wildman–Crippen LogP) is 5.89. The predicted molar refractivity (Wildman–Crippen MR) is 114 cm³/mol. The molecule has 0 atom stereocenters. The van der Waals surface area contributed by atoms with E-state index in [0.717, 1.165) is 6.07 Å². The fourth-order valence-electron chi connectivity index (χ4n) is 3.16. The highest BCUT2D eigenvalue weighted by atomic mass is 35.5. The molecule has 0 aliphatic carbocycles. The van der Waals surface area contributed by atoms with E-state index < -0.39 is 26.4 Å². The number of hydrogen-bond donors (Lipinski definition) is 3. The lowest BCUT2D eigenvalue weighted by Crippen LogP contribution is -2.38. The molecule has 0 heterocycles. The highest BCUT2D eigenvalue weighted by Gasteiger charge is 2.50. The number of phenols is 2. The number of hydrogen-bond acceptors (Lipinski definition) is 4. The number of para-hydroxylation sites is 1. The first kappa shape index (κ1) is 22.0. The van der Waals surface area contributed by atoms with E-state index in [-0.39, 0.29) is 36.8 Å². The largest absolute Gasteiger partial charge is 0.504 e. The van der Waals surface area contributed by atoms with Crippen molar-refractivity contribution in [1.82, 2.24) is 0 Å². The molecule has 0 amide bonds. The van der Waals surface area contributed by atoms with Gasteiger partial charge in [0.1, 0.15) is 0 Å². The molecule has 0 unspecified atom stereocenters. The Morgan fingerprint density at radius 3 is 1.62 bits per heavy atom. The van der Waals surface area contributed by atoms with Gasteiger partial charge in [0, 0.05) is 5.56 Å². The standard InChI is InChI=1S/C19H12Cl4O5S/c20-13-6-4-10(8-15(13)22)19(29(26,27)28,11-5-7-14(21)16(23)9-11)12-2-1-3-17(24)18(12)25/h1-9,24-25H,(H,26,27,28). The number of aromatic hydroxyl groups is 2. The number of rotatable bonds is 4. The minimum absolute atomic E-state index is 0.0110. The quantitative estimate of drug-likeness (QED) is 0.239. The molecule has 3 rings (SSSR count). The molecule has 0 aromatic heterocycles. The van der Waals surface area contributed by atoms with Crippen molar-refractivity contribution >= 4 is 56.5 Å². The van der Waals surface area contributed by atoms with E-state index in [0.29, 0.717) is 0 Å². The first-order chi connectivity index (χ1) is 13.5. The summed E-state index contributed by atoms with van der Waals surface area (Å²) in [5, 5.41) is 20.8. The summed E-state index contributed by atoms with van der Waals surface area (Å²) < 4.78 is 33.9. The summed E-state index contributed by atoms with van der Waals surface area (Å²) in [5.41, 5.74) is -0.417. The van der Waals surface area contributed by atoms with Crippen LogP contribution in [0.15, 0.2) is 54.6 Å². The molecule has 0 saturated carbocycles. The maximum atomic E-state index is 12.9. The van der Waals surface area contributed by atoms with Crippen molar-refractivity contribution < 1.29 is 23.2 Å². The van der Waals surface area contributed by atoms with E-state index in [2.05, 4.69) is 0 Å². The Kier molecular flexibility index (Phi) is 5.98. The Bertz CT molecular complexity index is 1160. The summed E-state index contributed by atoms with van der Waals surface area (Å²) in [6.45, 7) is 0. The lowest BCUT2D eigenvalue weighted by molar-refractivity contribution is 0.393. The van der Waals surface area contributed by atoms with Gasteiger partial charge >= 0.3 is 0 Å². The maximum Gasteiger partial charge on any atom is 0.283 e. The van der Waals surface area contributed by atoms with Gasteiger partial charge in [0.25, 0.3) is 10.1 Å². The maximum absolute atomic E-state index is 12.9. The van der Waals surface area contributed by atoms with Crippen molar-refractivity contribution in [3.63, 3.8) is 0 Å². The van der Waals surface area contributed by atoms with Crippen molar-refractivity contribution in [2.24, 2.45) is 0 Å². The Labute approximate surface area is 186 Å². The van der Waals surface area contributed by atoms with Crippen LogP contribution in [0.5, 0.6) is 11.5 Å². The van der Waals surface area contributed by atoms with Gasteiger partial charge in [0.2, 0.25) is 0 Å². The van der Waals surface area contributed by atoms with Crippen molar-refractivity contribution in [3.8, 4) is 11.5 Å². The molecule has 152 valence electrons. The van der Waals surface area contributed by atoms with Gasteiger partial charge in [-0.1, -0.05) is 70.7 Å². The summed E-state index contributed by atoms with van der Waals surface area (Å²) in [6, 6.07) is 11.5. The molecule has 29 heavy (non-hydrogen) atoms. The first-order valence-corrected chi connectivity index (χ1v) is 10.8. The van der Waals surface area contributed by atoms with Crippen molar-refractivity contribution in [3.05, 3.63) is 91.4 Å². The molecule has 0 bridgehead atoms. The lowest BCUT2D eigenvalue weighted by Gasteiger charge is -2.33. The molecular weight excluding hydrogens is 482 g/mol. The third-order valence-corrected chi connectivity index (χ3v) is 7.38. The average molecular weight is 494 g/mol. The van der Waals surface area contributed by atoms with E-state index in [1.165, 1.54) is 48.5 Å². The SMILES string of the molecule is O=S(=O)(O)C(c1ccc(Cl)c(Cl)c1)(c1ccc(Cl)c(Cl)c1)c1cccc(O)c1O. The monoisotopic (exact) mass is 492 g/mol. The normalized spacial score (nSPS) is 12.2. The minimum atomic E-state index is -5.06. The third-order valence-electron chi connectivity index (χ3n) is 4.43. The van der Waals surface area contributed by atoms with Crippen LogP contribution in [-0.2, 0) is 14.9 Å². The summed E-state index contributed by atoms with van der Waals surface area (Å²) in [7, 11) is -5.06. The highest BCUT2D eigenvalue weighted by Crippen LogP contribution is 2.50. The minimum Gasteiger partial charge on any atom is -0.504 e. The van der Waals surface area contributed by atoms with E-state index in [1.54, 1.807) is 0 Å². The molecule has 0 fully saturated rings. The summed E-state index contributed by atoms with van der Waals surface area (Å²) >= 11 is 24.1. The van der Waals surface area contributed by atoms with Gasteiger partial charge in [0.05, 0.1) is 20.1 Å². The number of benzene rings is 3. The van der Waals surface area contributed by atoms with Crippen LogP contribution in [0.2, 0.25) is 20.1 Å². The van der Waals surface area contributed by atoms with E-state index in [4.69, 9.17) is 46.4 Å². The summed E-state index contributed by atoms with van der Waals surface area (Å²) in [5.74, 6) is -1.34. The second-order valence-electron chi connectivity index (χ2n) is 6.09. The van der Waals surface area contributed by atoms with Crippen LogP contribution in [0, 0.1) is 0 Å². The zero-order chi connectivity index (χ0) is 21.6. The van der Waals surface area contributed by atoms with Crippen molar-refractivity contribution in [2.75, 3.05) is 0 Å². The molecule has 3 N–H and O–H groups in total. The number of halogens is 4. The van der Waals surface area contributed by atoms with Gasteiger partial charge < -0.3 is 10.2 Å². The van der Waals surface area contributed by atoms with Crippen LogP contribution in [0.3, 0.4) is 0 Å². The second-order valence-corrected chi connectivity index (χ2v) is 9.28. The van der Waals surface area contributed by atoms with Crippen molar-refractivity contribution in [1.29, 1.82) is 0 Å². The van der Waals surface area contributed by atoms with Crippen LogP contribution in [-0.4, -0.2) is 23.2 Å². The Balaban J connectivity index is 2.58. The Hall–Kier alpha value is -1.67. The fraction of sp³-hybridized carbons (Fsp3) is 0.0526. The van der Waals surface area contributed by atoms with Crippen LogP contribution in [0.4, 0.5) is 0 Å². The van der Waals surface area contributed by atoms with Gasteiger partial charge in [-0.3, -0.25) is 4.55 Å². The summed E-state index contributed by atoms with van der Waals surface area (Å²) in [4.78, 5) is 0. The van der Waals surface area contributed by atoms with Gasteiger partial charge in [0.15, 0.2) is 16.2 Å². The smallest absolute Gasteiger partial charge is 0.283 e. The molecule has 0 saturated heterocycles. The second kappa shape index (κ2) is 7.87. The molecule has 10 heteroatoms. The van der Waals surface area contributed by atoms with Crippen LogP contribution in [0.1, 0.15) is 16.7 Å². The van der Waals surface area contributed by atoms with Gasteiger partial charge in [-0.05, 0) is 41.5 Å². The van der Waals surface area contributed by atoms with Gasteiger partial charge in [-0.2, -0.15) is 8.42 Å². The first-order valence-electron chi connectivity index (χ1n) is 7.89. The molecule has 0 spiro atoms. The molecule has 0 aliphatic rings. The lowest BCUT2D eigenvalue weighted by atomic mass is 9.83. The molecule has 5 nitrogen and oxygen atoms in total. The fourth-order valence-corrected chi connectivity index (χ4v) is 5.05. The van der Waals surface area contributed by atoms with Gasteiger partial charge in [-0.15, -0.1) is 0 Å². The highest BCUT2D eigenvalue weighted by molar-refractivity contribution is 7.87. The molecular formula is C19H12Cl4O5S. The Morgan fingerprint density at radius 2 is 1.21 bits per heavy atom. The Morgan fingerprint density at radius 1 is 0.724 bits per heavy atom. The molecule has 3 aromatic rings. The molecule has 3 aromatic carbocycles. The van der Waals surface area contributed by atoms with Crippen molar-refractivity contribution in [2.45, 2.75) is 4.75 Å².